The molecule has 1 fully saturated rings. The Kier molecular flexibility index (Phi) is 3.28. The molecule has 2 atom stereocenters. The van der Waals surface area contributed by atoms with Gasteiger partial charge in [-0.25, -0.2) is 14.2 Å². The fourth-order valence-electron chi connectivity index (χ4n) is 3.97. The number of aryl methyl sites for hydroxylation is 2. The summed E-state index contributed by atoms with van der Waals surface area (Å²) in [4.78, 5) is 25.4. The number of rotatable bonds is 0. The molecule has 0 saturated carbocycles. The molecule has 2 aliphatic rings. The first-order valence-electron chi connectivity index (χ1n) is 8.16. The van der Waals surface area contributed by atoms with Gasteiger partial charge in [0.1, 0.15) is 11.5 Å². The van der Waals surface area contributed by atoms with E-state index in [0.717, 1.165) is 13.1 Å². The lowest BCUT2D eigenvalue weighted by Crippen LogP contribution is -2.59. The molecule has 2 aliphatic heterocycles. The Morgan fingerprint density at radius 3 is 2.75 bits per heavy atom. The number of halogens is 1. The quantitative estimate of drug-likeness (QED) is 0.766. The van der Waals surface area contributed by atoms with Crippen LogP contribution in [0.2, 0.25) is 0 Å². The average molecular weight is 332 g/mol. The number of hydrogen-bond donors (Lipinski definition) is 1. The molecule has 24 heavy (non-hydrogen) atoms. The Balaban J connectivity index is 2.08. The highest BCUT2D eigenvalue weighted by Gasteiger charge is 2.36. The maximum atomic E-state index is 14.7. The second kappa shape index (κ2) is 5.14. The molecule has 0 spiro atoms. The van der Waals surface area contributed by atoms with Crippen molar-refractivity contribution >= 4 is 22.5 Å². The molecule has 0 aliphatic carbocycles. The zero-order valence-electron chi connectivity index (χ0n) is 14.3. The fourth-order valence-corrected chi connectivity index (χ4v) is 3.97. The minimum atomic E-state index is -0.370. The van der Waals surface area contributed by atoms with Crippen LogP contribution in [-0.2, 0) is 7.05 Å². The summed E-state index contributed by atoms with van der Waals surface area (Å²) >= 11 is 0. The van der Waals surface area contributed by atoms with E-state index in [1.807, 2.05) is 0 Å². The highest BCUT2D eigenvalue weighted by Crippen LogP contribution is 2.37. The van der Waals surface area contributed by atoms with Crippen molar-refractivity contribution < 1.29 is 4.39 Å². The van der Waals surface area contributed by atoms with Gasteiger partial charge in [-0.05, 0) is 20.9 Å². The molecule has 0 bridgehead atoms. The van der Waals surface area contributed by atoms with Crippen LogP contribution in [0, 0.1) is 12.7 Å². The molecular formula is C16H21FN6O. The second-order valence-corrected chi connectivity index (χ2v) is 6.87. The normalized spacial score (nSPS) is 23.8. The number of hydrogen-bond acceptors (Lipinski definition) is 6. The molecule has 8 heteroatoms. The van der Waals surface area contributed by atoms with E-state index in [1.54, 1.807) is 14.0 Å². The minimum absolute atomic E-state index is 0.119. The van der Waals surface area contributed by atoms with Gasteiger partial charge in [-0.15, -0.1) is 0 Å². The minimum Gasteiger partial charge on any atom is -0.380 e. The first-order chi connectivity index (χ1) is 11.4. The Hall–Kier alpha value is -2.22. The number of aromatic nitrogens is 3. The number of piperazine rings is 1. The molecule has 0 amide bonds. The summed E-state index contributed by atoms with van der Waals surface area (Å²) in [6.07, 6.45) is 0. The van der Waals surface area contributed by atoms with E-state index in [9.17, 15) is 9.18 Å². The predicted octanol–water partition coefficient (Wildman–Crippen LogP) is 0.710. The zero-order chi connectivity index (χ0) is 17.2. The number of anilines is 2. The predicted molar refractivity (Wildman–Crippen MR) is 91.2 cm³/mol. The first kappa shape index (κ1) is 15.3. The monoisotopic (exact) mass is 332 g/mol. The van der Waals surface area contributed by atoms with Crippen molar-refractivity contribution in [3.63, 3.8) is 0 Å². The molecule has 7 nitrogen and oxygen atoms in total. The van der Waals surface area contributed by atoms with E-state index in [0.29, 0.717) is 29.1 Å². The number of nitrogens with one attached hydrogen (secondary N) is 1. The molecule has 2 unspecified atom stereocenters. The third-order valence-electron chi connectivity index (χ3n) is 5.04. The van der Waals surface area contributed by atoms with Crippen LogP contribution in [0.15, 0.2) is 4.79 Å². The van der Waals surface area contributed by atoms with Gasteiger partial charge in [-0.3, -0.25) is 4.57 Å². The molecule has 4 heterocycles. The van der Waals surface area contributed by atoms with E-state index < -0.39 is 0 Å². The van der Waals surface area contributed by atoms with Gasteiger partial charge in [0.15, 0.2) is 5.82 Å². The molecule has 1 saturated heterocycles. The molecule has 1 N–H and O–H groups in total. The summed E-state index contributed by atoms with van der Waals surface area (Å²) in [7, 11) is 3.70. The van der Waals surface area contributed by atoms with Gasteiger partial charge >= 0.3 is 5.69 Å². The summed E-state index contributed by atoms with van der Waals surface area (Å²) < 4.78 is 16.1. The zero-order valence-corrected chi connectivity index (χ0v) is 14.3. The van der Waals surface area contributed by atoms with Crippen molar-refractivity contribution in [2.75, 3.05) is 36.9 Å². The molecule has 4 rings (SSSR count). The van der Waals surface area contributed by atoms with E-state index in [4.69, 9.17) is 0 Å². The van der Waals surface area contributed by atoms with Crippen LogP contribution in [-0.4, -0.2) is 58.2 Å². The van der Waals surface area contributed by atoms with Gasteiger partial charge < -0.3 is 15.1 Å². The van der Waals surface area contributed by atoms with E-state index in [2.05, 4.69) is 39.1 Å². The van der Waals surface area contributed by atoms with E-state index >= 15 is 0 Å². The Bertz CT molecular complexity index is 894. The third kappa shape index (κ3) is 2.02. The van der Waals surface area contributed by atoms with Crippen LogP contribution >= 0.6 is 0 Å². The van der Waals surface area contributed by atoms with Crippen molar-refractivity contribution in [3.8, 4) is 0 Å². The molecule has 0 aromatic carbocycles. The lowest BCUT2D eigenvalue weighted by Gasteiger charge is -2.44. The van der Waals surface area contributed by atoms with Gasteiger partial charge in [0.25, 0.3) is 0 Å². The van der Waals surface area contributed by atoms with Crippen LogP contribution in [0.1, 0.15) is 12.6 Å². The van der Waals surface area contributed by atoms with Crippen LogP contribution in [0.4, 0.5) is 15.9 Å². The van der Waals surface area contributed by atoms with Crippen LogP contribution in [0.25, 0.3) is 11.0 Å². The van der Waals surface area contributed by atoms with Crippen molar-refractivity contribution in [1.29, 1.82) is 0 Å². The maximum Gasteiger partial charge on any atom is 0.350 e. The number of nitrogens with zero attached hydrogens (tertiary/aromatic N) is 5. The molecule has 2 aromatic rings. The molecule has 128 valence electrons. The third-order valence-corrected chi connectivity index (χ3v) is 5.04. The summed E-state index contributed by atoms with van der Waals surface area (Å²) in [6, 6.07) is 0.294. The highest BCUT2D eigenvalue weighted by molar-refractivity contribution is 5.99. The van der Waals surface area contributed by atoms with Crippen LogP contribution in [0.3, 0.4) is 0 Å². The number of likely N-dealkylation sites (N-methyl/N-ethyl adjacent to an activating group) is 1. The van der Waals surface area contributed by atoms with Gasteiger partial charge in [-0.2, -0.15) is 4.98 Å². The lowest BCUT2D eigenvalue weighted by molar-refractivity contribution is 0.236. The van der Waals surface area contributed by atoms with E-state index in [1.165, 1.54) is 4.57 Å². The highest BCUT2D eigenvalue weighted by atomic mass is 19.1. The van der Waals surface area contributed by atoms with Gasteiger partial charge in [0.2, 0.25) is 0 Å². The van der Waals surface area contributed by atoms with Crippen molar-refractivity contribution in [2.45, 2.75) is 25.9 Å². The van der Waals surface area contributed by atoms with Gasteiger partial charge in [0, 0.05) is 32.7 Å². The fraction of sp³-hybridized carbons (Fsp3) is 0.562. The summed E-state index contributed by atoms with van der Waals surface area (Å²) in [5.41, 5.74) is 0.786. The Labute approximate surface area is 139 Å². The van der Waals surface area contributed by atoms with Gasteiger partial charge in [-0.1, -0.05) is 0 Å². The first-order valence-corrected chi connectivity index (χ1v) is 8.16. The van der Waals surface area contributed by atoms with Gasteiger partial charge in [0.05, 0.1) is 22.8 Å². The van der Waals surface area contributed by atoms with Crippen LogP contribution in [0.5, 0.6) is 0 Å². The second-order valence-electron chi connectivity index (χ2n) is 6.87. The Morgan fingerprint density at radius 1 is 1.25 bits per heavy atom. The number of pyridine rings is 1. The topological polar surface area (TPSA) is 66.3 Å². The standard InChI is InChI=1S/C16H21FN6O/c1-8-6-21(3)7-10-5-18-13-11-14(19-9(2)12(13)17)22(4)16(24)20-15(11)23(8)10/h8,10,18H,5-7H2,1-4H3. The summed E-state index contributed by atoms with van der Waals surface area (Å²) in [6.45, 7) is 6.02. The summed E-state index contributed by atoms with van der Waals surface area (Å²) in [5.74, 6) is 0.176. The largest absolute Gasteiger partial charge is 0.380 e. The molecular weight excluding hydrogens is 311 g/mol. The number of fused-ring (bicyclic) bond motifs is 2. The van der Waals surface area contributed by atoms with Crippen molar-refractivity contribution in [2.24, 2.45) is 7.05 Å². The molecule has 2 aromatic heterocycles. The Morgan fingerprint density at radius 2 is 2.00 bits per heavy atom. The average Bonchev–Trinajstić information content (AvgIpc) is 2.67. The summed E-state index contributed by atoms with van der Waals surface area (Å²) in [5, 5.41) is 3.84. The van der Waals surface area contributed by atoms with Crippen molar-refractivity contribution in [1.82, 2.24) is 19.4 Å². The van der Waals surface area contributed by atoms with E-state index in [-0.39, 0.29) is 29.3 Å². The lowest BCUT2D eigenvalue weighted by atomic mass is 10.1. The smallest absolute Gasteiger partial charge is 0.350 e. The van der Waals surface area contributed by atoms with Crippen molar-refractivity contribution in [3.05, 3.63) is 22.0 Å². The SMILES string of the molecule is Cc1nc2c3c(nc(=O)n2C)N2C(C)CN(C)CC2CNc3c1F. The van der Waals surface area contributed by atoms with Crippen LogP contribution < -0.4 is 15.9 Å². The molecule has 0 radical (unpaired) electrons. The maximum absolute atomic E-state index is 14.7.